The van der Waals surface area contributed by atoms with Crippen molar-refractivity contribution >= 4 is 47.5 Å². The fraction of sp³-hybridized carbons (Fsp3) is 1.00. The van der Waals surface area contributed by atoms with Crippen LogP contribution < -0.4 is 37.7 Å². The van der Waals surface area contributed by atoms with Crippen LogP contribution in [0.3, 0.4) is 0 Å². The van der Waals surface area contributed by atoms with E-state index in [1.807, 2.05) is 0 Å². The van der Waals surface area contributed by atoms with Crippen LogP contribution in [0.1, 0.15) is 166 Å². The van der Waals surface area contributed by atoms with Gasteiger partial charge in [-0.25, -0.2) is 0 Å². The van der Waals surface area contributed by atoms with Gasteiger partial charge in [-0.1, -0.05) is 233 Å². The normalized spacial score (nSPS) is 13.6. The minimum absolute atomic E-state index is 0. The van der Waals surface area contributed by atoms with Crippen LogP contribution >= 0.6 is 0 Å². The minimum Gasteiger partial charge on any atom is -0.422 e. The fourth-order valence-corrected chi connectivity index (χ4v) is 91.0. The topological polar surface area (TPSA) is 0 Å². The maximum atomic E-state index is 2.54. The predicted molar refractivity (Wildman–Crippen MR) is 216 cm³/mol. The van der Waals surface area contributed by atoms with E-state index in [0.29, 0.717) is 0 Å². The van der Waals surface area contributed by atoms with Crippen molar-refractivity contribution in [3.05, 3.63) is 0 Å². The number of rotatable bonds is 16. The molecule has 0 N–H and O–H groups in total. The summed E-state index contributed by atoms with van der Waals surface area (Å²) in [6.45, 7) is 61.0. The third kappa shape index (κ3) is 12.8. The Labute approximate surface area is 342 Å². The van der Waals surface area contributed by atoms with Crippen LogP contribution in [0.4, 0.5) is 0 Å². The molecule has 0 aliphatic carbocycles. The average Bonchev–Trinajstić information content (AvgIpc) is 2.77. The van der Waals surface area contributed by atoms with Gasteiger partial charge in [0.1, 0.15) is 0 Å². The third-order valence-electron chi connectivity index (χ3n) is 12.3. The SMILES string of the molecule is CC(C)[Si]([Si-][Si](C(C)C)(C(C)C)C(C)C)(C(C)C)C(C)C.CC(C)[Si]([Si-][Si](C(C)C)(C(C)C)C(C)C)(C(C)C)C(C)C.[Hg].[Li+].[Li+]. The largest absolute Gasteiger partial charge is 1.00 e. The van der Waals surface area contributed by atoms with E-state index in [2.05, 4.69) is 166 Å². The van der Waals surface area contributed by atoms with Gasteiger partial charge in [-0.05, 0) is 0 Å². The monoisotopic (exact) mass is 901 g/mol. The van der Waals surface area contributed by atoms with Gasteiger partial charge in [0.25, 0.3) is 0 Å². The van der Waals surface area contributed by atoms with E-state index in [4.69, 9.17) is 0 Å². The van der Waals surface area contributed by atoms with Crippen molar-refractivity contribution in [1.29, 1.82) is 0 Å². The molecule has 0 rings (SSSR count). The zero-order valence-electron chi connectivity index (χ0n) is 36.6. The standard InChI is InChI=1S/2C18H42Si3.Hg.2Li/c2*1-13(2)20(14(3)4,15(5)6)19-21(16(7)8,17(9)10)18(11)12;;;/h2*13-18H,1-12H3;;;/q2*-1;;2*+1. The Morgan fingerprint density at radius 3 is 0.333 bits per heavy atom. The Kier molecular flexibility index (Phi) is 30.7. The molecule has 0 bridgehead atoms. The maximum absolute atomic E-state index is 2.54. The van der Waals surface area contributed by atoms with Crippen molar-refractivity contribution in [1.82, 2.24) is 0 Å². The molecule has 0 heterocycles. The van der Waals surface area contributed by atoms with E-state index in [1.54, 1.807) is 0 Å². The van der Waals surface area contributed by atoms with Crippen LogP contribution in [0.25, 0.3) is 0 Å². The van der Waals surface area contributed by atoms with Gasteiger partial charge in [0, 0.05) is 27.7 Å². The van der Waals surface area contributed by atoms with Crippen LogP contribution in [0.15, 0.2) is 0 Å². The summed E-state index contributed by atoms with van der Waals surface area (Å²) in [5, 5.41) is 0. The molecule has 0 fully saturated rings. The zero-order valence-corrected chi connectivity index (χ0v) is 48.1. The van der Waals surface area contributed by atoms with Gasteiger partial charge in [-0.15, -0.1) is 30.4 Å². The van der Waals surface area contributed by atoms with Crippen molar-refractivity contribution in [3.63, 3.8) is 0 Å². The molecule has 0 saturated carbocycles. The molecule has 0 aromatic heterocycles. The van der Waals surface area contributed by atoms with E-state index in [0.717, 1.165) is 66.5 Å². The van der Waals surface area contributed by atoms with Crippen LogP contribution in [0.5, 0.6) is 0 Å². The molecule has 45 heavy (non-hydrogen) atoms. The van der Waals surface area contributed by atoms with E-state index in [9.17, 15) is 0 Å². The molecule has 2 radical (unpaired) electrons. The summed E-state index contributed by atoms with van der Waals surface area (Å²) in [7, 11) is -2.42. The van der Waals surface area contributed by atoms with Gasteiger partial charge >= 0.3 is 37.7 Å². The molecule has 0 unspecified atom stereocenters. The molecular weight excluding hydrogens is 815 g/mol. The summed E-state index contributed by atoms with van der Waals surface area (Å²) < 4.78 is 0. The minimum atomic E-state index is -1.26. The first-order valence-corrected chi connectivity index (χ1v) is 33.2. The summed E-state index contributed by atoms with van der Waals surface area (Å²) in [5.41, 5.74) is 11.0. The zero-order chi connectivity index (χ0) is 34.3. The summed E-state index contributed by atoms with van der Waals surface area (Å²) in [6, 6.07) is 0. The van der Waals surface area contributed by atoms with Crippen molar-refractivity contribution in [2.75, 3.05) is 0 Å². The van der Waals surface area contributed by atoms with Gasteiger partial charge in [-0.3, -0.25) is 0 Å². The summed E-state index contributed by atoms with van der Waals surface area (Å²) in [6.07, 6.45) is 0. The first-order chi connectivity index (χ1) is 18.7. The van der Waals surface area contributed by atoms with Crippen LogP contribution in [-0.4, -0.2) is 47.5 Å². The predicted octanol–water partition coefficient (Wildman–Crippen LogP) is 8.09. The van der Waals surface area contributed by atoms with Crippen molar-refractivity contribution in [3.8, 4) is 0 Å². The molecule has 0 saturated heterocycles. The summed E-state index contributed by atoms with van der Waals surface area (Å²) in [5.74, 6) is 0. The van der Waals surface area contributed by atoms with E-state index in [1.165, 1.54) is 17.1 Å². The quantitative estimate of drug-likeness (QED) is 0.138. The van der Waals surface area contributed by atoms with Crippen LogP contribution in [0, 0.1) is 0 Å². The second-order valence-corrected chi connectivity index (χ2v) is 56.1. The average molecular weight is 900 g/mol. The molecule has 0 aliphatic heterocycles. The molecule has 0 aromatic rings. The Hall–Kier alpha value is 3.43. The van der Waals surface area contributed by atoms with Gasteiger partial charge < -0.3 is 17.1 Å². The Balaban J connectivity index is -0.000000222. The van der Waals surface area contributed by atoms with Gasteiger partial charge in [0.15, 0.2) is 0 Å². The third-order valence-corrected chi connectivity index (χ3v) is 78.6. The molecule has 9 heteroatoms. The summed E-state index contributed by atoms with van der Waals surface area (Å²) >= 11 is 0. The second kappa shape index (κ2) is 23.9. The van der Waals surface area contributed by atoms with Crippen LogP contribution in [-0.2, 0) is 27.7 Å². The Bertz CT molecular complexity index is 541. The van der Waals surface area contributed by atoms with Crippen molar-refractivity contribution < 1.29 is 65.4 Å². The molecule has 0 spiro atoms. The molecular formula is C36H84HgLi2Si6. The van der Waals surface area contributed by atoms with Gasteiger partial charge in [0.05, 0.1) is 0 Å². The van der Waals surface area contributed by atoms with E-state index >= 15 is 0 Å². The molecule has 0 nitrogen and oxygen atoms in total. The molecule has 0 aromatic carbocycles. The Morgan fingerprint density at radius 2 is 0.289 bits per heavy atom. The van der Waals surface area contributed by atoms with Crippen molar-refractivity contribution in [2.45, 2.75) is 233 Å². The number of hydrogen-bond donors (Lipinski definition) is 0. The van der Waals surface area contributed by atoms with E-state index < -0.39 is 30.4 Å². The summed E-state index contributed by atoms with van der Waals surface area (Å²) in [4.78, 5) is 0. The molecule has 256 valence electrons. The first kappa shape index (κ1) is 57.8. The molecule has 0 aliphatic rings. The second-order valence-electron chi connectivity index (χ2n) is 17.8. The number of hydrogen-bond acceptors (Lipinski definition) is 0. The van der Waals surface area contributed by atoms with Crippen LogP contribution in [0.2, 0.25) is 66.5 Å². The molecule has 0 amide bonds. The van der Waals surface area contributed by atoms with Crippen molar-refractivity contribution in [2.24, 2.45) is 0 Å². The van der Waals surface area contributed by atoms with Gasteiger partial charge in [0.2, 0.25) is 0 Å². The van der Waals surface area contributed by atoms with E-state index in [-0.39, 0.29) is 65.4 Å². The maximum Gasteiger partial charge on any atom is 1.00 e. The van der Waals surface area contributed by atoms with Gasteiger partial charge in [-0.2, -0.15) is 0 Å². The molecule has 0 atom stereocenters. The smallest absolute Gasteiger partial charge is 0.422 e. The first-order valence-electron chi connectivity index (χ1n) is 18.3. The fourth-order valence-electron chi connectivity index (χ4n) is 10.5. The Morgan fingerprint density at radius 1 is 0.222 bits per heavy atom.